The number of phosphoric acid groups is 1. The maximum Gasteiger partial charge on any atom is 0.475 e. The summed E-state index contributed by atoms with van der Waals surface area (Å²) in [7, 11) is -3.55. The quantitative estimate of drug-likeness (QED) is 0.409. The van der Waals surface area contributed by atoms with Crippen LogP contribution in [-0.2, 0) is 22.9 Å². The van der Waals surface area contributed by atoms with E-state index in [4.69, 9.17) is 13.6 Å². The molecule has 0 aromatic rings. The van der Waals surface area contributed by atoms with E-state index in [0.29, 0.717) is 0 Å². The standard InChI is InChI=1S/C10H17O5P/c1-5-13-16(12,14-6-2)15-10(4)8-7-9(3)11/h10H,5-6H2,1-4H3. The van der Waals surface area contributed by atoms with Gasteiger partial charge in [0.15, 0.2) is 0 Å². The zero-order valence-electron chi connectivity index (χ0n) is 9.98. The first kappa shape index (κ1) is 15.3. The van der Waals surface area contributed by atoms with Crippen molar-refractivity contribution in [3.63, 3.8) is 0 Å². The molecule has 0 aromatic heterocycles. The van der Waals surface area contributed by atoms with E-state index in [2.05, 4.69) is 11.8 Å². The Labute approximate surface area is 96.1 Å². The van der Waals surface area contributed by atoms with E-state index in [1.807, 2.05) is 0 Å². The normalized spacial score (nSPS) is 12.8. The first-order chi connectivity index (χ1) is 7.43. The number of carbonyl (C=O) groups is 1. The maximum atomic E-state index is 11.8. The molecule has 6 heteroatoms. The van der Waals surface area contributed by atoms with Gasteiger partial charge in [-0.2, -0.15) is 0 Å². The molecule has 0 aliphatic rings. The molecular formula is C10H17O5P. The Hall–Kier alpha value is -0.660. The van der Waals surface area contributed by atoms with E-state index in [-0.39, 0.29) is 19.0 Å². The highest BCUT2D eigenvalue weighted by Crippen LogP contribution is 2.50. The monoisotopic (exact) mass is 248 g/mol. The summed E-state index contributed by atoms with van der Waals surface area (Å²) in [6.45, 7) is 6.70. The minimum Gasteiger partial charge on any atom is -0.287 e. The summed E-state index contributed by atoms with van der Waals surface area (Å²) in [5, 5.41) is 0. The summed E-state index contributed by atoms with van der Waals surface area (Å²) in [5.41, 5.74) is 0. The van der Waals surface area contributed by atoms with Crippen LogP contribution in [-0.4, -0.2) is 25.1 Å². The third-order valence-corrected chi connectivity index (χ3v) is 3.04. The van der Waals surface area contributed by atoms with Crippen LogP contribution in [0.25, 0.3) is 0 Å². The second kappa shape index (κ2) is 7.59. The molecule has 0 bridgehead atoms. The second-order valence-electron chi connectivity index (χ2n) is 2.86. The minimum atomic E-state index is -3.55. The van der Waals surface area contributed by atoms with Crippen molar-refractivity contribution in [2.45, 2.75) is 33.8 Å². The summed E-state index contributed by atoms with van der Waals surface area (Å²) < 4.78 is 26.7. The summed E-state index contributed by atoms with van der Waals surface area (Å²) >= 11 is 0. The fourth-order valence-electron chi connectivity index (χ4n) is 0.838. The molecule has 0 saturated carbocycles. The zero-order valence-corrected chi connectivity index (χ0v) is 10.9. The van der Waals surface area contributed by atoms with Crippen molar-refractivity contribution in [3.05, 3.63) is 0 Å². The number of Topliss-reactive ketones (excluding diaryl/α,β-unsaturated/α-hetero) is 1. The topological polar surface area (TPSA) is 61.8 Å². The Kier molecular flexibility index (Phi) is 7.27. The molecule has 0 spiro atoms. The number of hydrogen-bond acceptors (Lipinski definition) is 5. The van der Waals surface area contributed by atoms with E-state index in [1.54, 1.807) is 20.8 Å². The Morgan fingerprint density at radius 2 is 1.81 bits per heavy atom. The van der Waals surface area contributed by atoms with Gasteiger partial charge in [0.1, 0.15) is 6.10 Å². The van der Waals surface area contributed by atoms with E-state index >= 15 is 0 Å². The lowest BCUT2D eigenvalue weighted by Crippen LogP contribution is -2.08. The lowest BCUT2D eigenvalue weighted by atomic mass is 10.4. The van der Waals surface area contributed by atoms with E-state index in [9.17, 15) is 9.36 Å². The van der Waals surface area contributed by atoms with Crippen LogP contribution in [0.4, 0.5) is 0 Å². The van der Waals surface area contributed by atoms with Crippen molar-refractivity contribution in [1.82, 2.24) is 0 Å². The molecule has 0 aliphatic heterocycles. The molecule has 0 heterocycles. The highest BCUT2D eigenvalue weighted by atomic mass is 31.2. The average molecular weight is 248 g/mol. The maximum absolute atomic E-state index is 11.8. The van der Waals surface area contributed by atoms with Gasteiger partial charge in [-0.25, -0.2) is 4.57 Å². The van der Waals surface area contributed by atoms with Crippen LogP contribution in [0.15, 0.2) is 0 Å². The van der Waals surface area contributed by atoms with E-state index in [1.165, 1.54) is 6.92 Å². The molecule has 16 heavy (non-hydrogen) atoms. The Bertz CT molecular complexity index is 318. The third kappa shape index (κ3) is 6.76. The predicted octanol–water partition coefficient (Wildman–Crippen LogP) is 2.17. The van der Waals surface area contributed by atoms with Crippen molar-refractivity contribution < 1.29 is 22.9 Å². The van der Waals surface area contributed by atoms with Crippen LogP contribution in [0.3, 0.4) is 0 Å². The predicted molar refractivity (Wildman–Crippen MR) is 59.9 cm³/mol. The molecule has 0 rings (SSSR count). The SMILES string of the molecule is CCOP(=O)(OCC)OC(C)C#CC(C)=O. The number of rotatable bonds is 6. The molecule has 0 radical (unpaired) electrons. The molecule has 5 nitrogen and oxygen atoms in total. The number of carbonyl (C=O) groups excluding carboxylic acids is 1. The Morgan fingerprint density at radius 3 is 2.19 bits per heavy atom. The minimum absolute atomic E-state index is 0.212. The number of phosphoric ester groups is 1. The van der Waals surface area contributed by atoms with Crippen molar-refractivity contribution in [2.75, 3.05) is 13.2 Å². The second-order valence-corrected chi connectivity index (χ2v) is 4.48. The van der Waals surface area contributed by atoms with Crippen molar-refractivity contribution in [2.24, 2.45) is 0 Å². The van der Waals surface area contributed by atoms with Crippen molar-refractivity contribution in [3.8, 4) is 11.8 Å². The third-order valence-electron chi connectivity index (χ3n) is 1.31. The van der Waals surface area contributed by atoms with Gasteiger partial charge in [-0.15, -0.1) is 0 Å². The zero-order chi connectivity index (χ0) is 12.6. The van der Waals surface area contributed by atoms with Gasteiger partial charge in [0.2, 0.25) is 5.78 Å². The smallest absolute Gasteiger partial charge is 0.287 e. The fourth-order valence-corrected chi connectivity index (χ4v) is 2.11. The van der Waals surface area contributed by atoms with Gasteiger partial charge in [-0.1, -0.05) is 5.92 Å². The lowest BCUT2D eigenvalue weighted by molar-refractivity contribution is -0.111. The van der Waals surface area contributed by atoms with Crippen LogP contribution >= 0.6 is 7.82 Å². The van der Waals surface area contributed by atoms with Gasteiger partial charge in [0.05, 0.1) is 13.2 Å². The van der Waals surface area contributed by atoms with E-state index < -0.39 is 13.9 Å². The van der Waals surface area contributed by atoms with Crippen LogP contribution in [0.5, 0.6) is 0 Å². The molecule has 0 amide bonds. The molecule has 0 N–H and O–H groups in total. The molecule has 0 aromatic carbocycles. The molecule has 0 fully saturated rings. The van der Waals surface area contributed by atoms with Crippen LogP contribution in [0, 0.1) is 11.8 Å². The molecule has 1 unspecified atom stereocenters. The molecule has 92 valence electrons. The first-order valence-corrected chi connectivity index (χ1v) is 6.49. The van der Waals surface area contributed by atoms with Crippen LogP contribution < -0.4 is 0 Å². The lowest BCUT2D eigenvalue weighted by Gasteiger charge is -2.17. The Morgan fingerprint density at radius 1 is 1.31 bits per heavy atom. The largest absolute Gasteiger partial charge is 0.475 e. The summed E-state index contributed by atoms with van der Waals surface area (Å²) in [5.74, 6) is 4.53. The van der Waals surface area contributed by atoms with Crippen LogP contribution in [0.1, 0.15) is 27.7 Å². The molecular weight excluding hydrogens is 231 g/mol. The van der Waals surface area contributed by atoms with Gasteiger partial charge < -0.3 is 0 Å². The van der Waals surface area contributed by atoms with Gasteiger partial charge in [-0.3, -0.25) is 18.4 Å². The summed E-state index contributed by atoms with van der Waals surface area (Å²) in [6, 6.07) is 0. The van der Waals surface area contributed by atoms with Gasteiger partial charge >= 0.3 is 7.82 Å². The van der Waals surface area contributed by atoms with Crippen molar-refractivity contribution in [1.29, 1.82) is 0 Å². The van der Waals surface area contributed by atoms with Crippen LogP contribution in [0.2, 0.25) is 0 Å². The molecule has 1 atom stereocenters. The van der Waals surface area contributed by atoms with Gasteiger partial charge in [-0.05, 0) is 26.7 Å². The summed E-state index contributed by atoms with van der Waals surface area (Å²) in [4.78, 5) is 10.6. The van der Waals surface area contributed by atoms with Gasteiger partial charge in [0, 0.05) is 6.92 Å². The van der Waals surface area contributed by atoms with E-state index in [0.717, 1.165) is 0 Å². The number of ketones is 1. The highest BCUT2D eigenvalue weighted by molar-refractivity contribution is 7.48. The van der Waals surface area contributed by atoms with Crippen molar-refractivity contribution >= 4 is 13.6 Å². The number of hydrogen-bond donors (Lipinski definition) is 0. The molecule has 0 aliphatic carbocycles. The van der Waals surface area contributed by atoms with Gasteiger partial charge in [0.25, 0.3) is 0 Å². The fraction of sp³-hybridized carbons (Fsp3) is 0.700. The molecule has 0 saturated heterocycles. The highest BCUT2D eigenvalue weighted by Gasteiger charge is 2.27. The Balaban J connectivity index is 4.47. The first-order valence-electron chi connectivity index (χ1n) is 5.03. The average Bonchev–Trinajstić information content (AvgIpc) is 2.15. The summed E-state index contributed by atoms with van der Waals surface area (Å²) in [6.07, 6.45) is -0.687.